The van der Waals surface area contributed by atoms with Gasteiger partial charge in [-0.15, -0.1) is 0 Å². The van der Waals surface area contributed by atoms with Crippen molar-refractivity contribution in [1.82, 2.24) is 10.2 Å². The fourth-order valence-electron chi connectivity index (χ4n) is 3.00. The van der Waals surface area contributed by atoms with Gasteiger partial charge in [0.2, 0.25) is 0 Å². The topological polar surface area (TPSA) is 53.9 Å². The van der Waals surface area contributed by atoms with E-state index >= 15 is 0 Å². The van der Waals surface area contributed by atoms with Crippen LogP contribution in [0, 0.1) is 5.82 Å². The highest BCUT2D eigenvalue weighted by molar-refractivity contribution is 6.06. The average Bonchev–Trinajstić information content (AvgIpc) is 2.92. The first-order chi connectivity index (χ1) is 11.2. The van der Waals surface area contributed by atoms with Gasteiger partial charge in [0.1, 0.15) is 23.4 Å². The second-order valence-electron chi connectivity index (χ2n) is 5.43. The Balaban J connectivity index is 1.72. The fourth-order valence-corrected chi connectivity index (χ4v) is 3.00. The molecule has 1 fully saturated rings. The van der Waals surface area contributed by atoms with Crippen molar-refractivity contribution in [3.63, 3.8) is 0 Å². The summed E-state index contributed by atoms with van der Waals surface area (Å²) in [6, 6.07) is 3.34. The zero-order valence-corrected chi connectivity index (χ0v) is 12.4. The summed E-state index contributed by atoms with van der Waals surface area (Å²) in [5, 5.41) is 3.06. The molecule has 0 aromatic heterocycles. The number of hydrogen-bond donors (Lipinski definition) is 1. The summed E-state index contributed by atoms with van der Waals surface area (Å²) < 4.78 is 19.3. The number of carbonyl (C=O) groups excluding carboxylic acids is 1. The van der Waals surface area contributed by atoms with Crippen molar-refractivity contribution in [2.75, 3.05) is 7.11 Å². The van der Waals surface area contributed by atoms with Crippen molar-refractivity contribution in [3.05, 3.63) is 65.9 Å². The van der Waals surface area contributed by atoms with Crippen LogP contribution in [0.3, 0.4) is 0 Å². The molecular formula is C17H14FN3O2. The van der Waals surface area contributed by atoms with Gasteiger partial charge in [-0.3, -0.25) is 14.7 Å². The molecule has 2 unspecified atom stereocenters. The second kappa shape index (κ2) is 5.08. The molecule has 5 nitrogen and oxygen atoms in total. The highest BCUT2D eigenvalue weighted by atomic mass is 19.1. The number of methoxy groups -OCH3 is 1. The van der Waals surface area contributed by atoms with Crippen LogP contribution in [0.5, 0.6) is 5.75 Å². The van der Waals surface area contributed by atoms with Gasteiger partial charge in [-0.05, 0) is 24.3 Å². The van der Waals surface area contributed by atoms with E-state index in [1.165, 1.54) is 19.2 Å². The Morgan fingerprint density at radius 1 is 1.35 bits per heavy atom. The third-order valence-electron chi connectivity index (χ3n) is 4.14. The summed E-state index contributed by atoms with van der Waals surface area (Å²) in [6.45, 7) is 0. The minimum atomic E-state index is -0.787. The van der Waals surface area contributed by atoms with Crippen molar-refractivity contribution in [2.24, 2.45) is 4.99 Å². The normalized spacial score (nSPS) is 24.6. The Morgan fingerprint density at radius 2 is 2.22 bits per heavy atom. The number of carbonyl (C=O) groups is 1. The zero-order chi connectivity index (χ0) is 16.0. The first-order valence-corrected chi connectivity index (χ1v) is 7.25. The lowest BCUT2D eigenvalue weighted by molar-refractivity contribution is -0.128. The monoisotopic (exact) mass is 311 g/mol. The van der Waals surface area contributed by atoms with Gasteiger partial charge in [-0.1, -0.05) is 18.2 Å². The molecule has 1 N–H and O–H groups in total. The average molecular weight is 311 g/mol. The number of ether oxygens (including phenoxy) is 1. The molecule has 6 heteroatoms. The lowest BCUT2D eigenvalue weighted by Gasteiger charge is -2.29. The van der Waals surface area contributed by atoms with E-state index in [9.17, 15) is 9.18 Å². The minimum absolute atomic E-state index is 0.208. The predicted octanol–water partition coefficient (Wildman–Crippen LogP) is 2.06. The quantitative estimate of drug-likeness (QED) is 0.909. The number of nitrogens with one attached hydrogen (secondary N) is 1. The third kappa shape index (κ3) is 2.06. The number of amides is 1. The summed E-state index contributed by atoms with van der Waals surface area (Å²) in [5.74, 6) is 0.432. The highest BCUT2D eigenvalue weighted by Gasteiger charge is 2.43. The van der Waals surface area contributed by atoms with Crippen molar-refractivity contribution in [3.8, 4) is 5.75 Å². The Kier molecular flexibility index (Phi) is 3.04. The van der Waals surface area contributed by atoms with Crippen LogP contribution in [-0.2, 0) is 4.79 Å². The largest absolute Gasteiger partial charge is 0.497 e. The van der Waals surface area contributed by atoms with E-state index in [0.29, 0.717) is 11.6 Å². The molecule has 1 saturated heterocycles. The van der Waals surface area contributed by atoms with Crippen LogP contribution >= 0.6 is 0 Å². The summed E-state index contributed by atoms with van der Waals surface area (Å²) in [4.78, 5) is 18.8. The van der Waals surface area contributed by atoms with Crippen LogP contribution in [0.25, 0.3) is 0 Å². The zero-order valence-electron chi connectivity index (χ0n) is 12.4. The van der Waals surface area contributed by atoms with Crippen molar-refractivity contribution < 1.29 is 13.9 Å². The van der Waals surface area contributed by atoms with Gasteiger partial charge in [-0.25, -0.2) is 4.39 Å². The van der Waals surface area contributed by atoms with E-state index in [2.05, 4.69) is 10.3 Å². The summed E-state index contributed by atoms with van der Waals surface area (Å²) in [7, 11) is 1.51. The van der Waals surface area contributed by atoms with Crippen LogP contribution < -0.4 is 10.1 Å². The van der Waals surface area contributed by atoms with Crippen molar-refractivity contribution >= 4 is 11.6 Å². The maximum absolute atomic E-state index is 14.2. The fraction of sp³-hybridized carbons (Fsp3) is 0.176. The molecule has 1 aliphatic carbocycles. The highest BCUT2D eigenvalue weighted by Crippen LogP contribution is 2.34. The van der Waals surface area contributed by atoms with Gasteiger partial charge in [-0.2, -0.15) is 0 Å². The van der Waals surface area contributed by atoms with E-state index in [1.54, 1.807) is 17.2 Å². The molecule has 0 saturated carbocycles. The maximum atomic E-state index is 14.2. The Labute approximate surface area is 132 Å². The maximum Gasteiger partial charge on any atom is 0.256 e. The molecule has 1 aromatic rings. The molecule has 4 rings (SSSR count). The molecular weight excluding hydrogens is 297 g/mol. The number of hydrogen-bond acceptors (Lipinski definition) is 4. The molecule has 116 valence electrons. The smallest absolute Gasteiger partial charge is 0.256 e. The van der Waals surface area contributed by atoms with Gasteiger partial charge < -0.3 is 10.1 Å². The van der Waals surface area contributed by atoms with E-state index < -0.39 is 11.9 Å². The molecule has 2 heterocycles. The van der Waals surface area contributed by atoms with Crippen LogP contribution in [0.1, 0.15) is 11.6 Å². The number of halogens is 1. The Morgan fingerprint density at radius 3 is 3.04 bits per heavy atom. The molecule has 3 aliphatic rings. The molecule has 0 bridgehead atoms. The number of aliphatic imine (C=N–C) groups is 1. The van der Waals surface area contributed by atoms with Gasteiger partial charge in [0.05, 0.1) is 25.1 Å². The lowest BCUT2D eigenvalue weighted by Crippen LogP contribution is -2.42. The van der Waals surface area contributed by atoms with Crippen molar-refractivity contribution in [2.45, 2.75) is 12.1 Å². The standard InChI is InChI=1S/C17H14FN3O2/c1-23-10-6-7-12(18)11(8-10)16-17(22)21-14-5-3-2-4-13(14)19-9-15(21)20-16/h2-9,14,16,20H,1H3. The predicted molar refractivity (Wildman–Crippen MR) is 83.3 cm³/mol. The van der Waals surface area contributed by atoms with Gasteiger partial charge in [0, 0.05) is 5.56 Å². The molecule has 0 radical (unpaired) electrons. The number of fused-ring (bicyclic) bond motifs is 3. The summed E-state index contributed by atoms with van der Waals surface area (Å²) >= 11 is 0. The molecule has 23 heavy (non-hydrogen) atoms. The van der Waals surface area contributed by atoms with E-state index in [4.69, 9.17) is 4.74 Å². The molecule has 1 amide bonds. The molecule has 0 spiro atoms. The van der Waals surface area contributed by atoms with Crippen LogP contribution in [0.2, 0.25) is 0 Å². The molecule has 2 aliphatic heterocycles. The number of benzene rings is 1. The van der Waals surface area contributed by atoms with Crippen LogP contribution in [0.4, 0.5) is 4.39 Å². The number of rotatable bonds is 2. The summed E-state index contributed by atoms with van der Waals surface area (Å²) in [6.07, 6.45) is 9.12. The number of allylic oxidation sites excluding steroid dienone is 2. The van der Waals surface area contributed by atoms with Crippen LogP contribution in [-0.4, -0.2) is 29.7 Å². The second-order valence-corrected chi connectivity index (χ2v) is 5.43. The van der Waals surface area contributed by atoms with Gasteiger partial charge in [0.25, 0.3) is 5.91 Å². The van der Waals surface area contributed by atoms with Gasteiger partial charge >= 0.3 is 0 Å². The van der Waals surface area contributed by atoms with Crippen molar-refractivity contribution in [1.29, 1.82) is 0 Å². The van der Waals surface area contributed by atoms with Crippen LogP contribution in [0.15, 0.2) is 59.5 Å². The molecule has 2 atom stereocenters. The van der Waals surface area contributed by atoms with E-state index in [1.807, 2.05) is 24.3 Å². The Hall–Kier alpha value is -2.89. The first kappa shape index (κ1) is 13.8. The van der Waals surface area contributed by atoms with Gasteiger partial charge in [0.15, 0.2) is 0 Å². The minimum Gasteiger partial charge on any atom is -0.497 e. The number of nitrogens with zero attached hydrogens (tertiary/aromatic N) is 2. The summed E-state index contributed by atoms with van der Waals surface area (Å²) in [5.41, 5.74) is 1.06. The van der Waals surface area contributed by atoms with E-state index in [0.717, 1.165) is 5.71 Å². The van der Waals surface area contributed by atoms with E-state index in [-0.39, 0.29) is 17.5 Å². The first-order valence-electron chi connectivity index (χ1n) is 7.25. The molecule has 1 aromatic carbocycles. The third-order valence-corrected chi connectivity index (χ3v) is 4.14. The Bertz CT molecular complexity index is 810. The SMILES string of the molecule is COc1ccc(F)c(C2NC3=CN=C4C=CC=CC4N3C2=O)c1. The lowest BCUT2D eigenvalue weighted by atomic mass is 10.0.